The first-order valence-electron chi connectivity index (χ1n) is 22.5. The molecule has 3 aliphatic rings. The molecule has 3 aliphatic heterocycles. The number of carbonyl (C=O) groups excluding carboxylic acids is 5. The lowest BCUT2D eigenvalue weighted by molar-refractivity contribution is -0.130. The van der Waals surface area contributed by atoms with E-state index in [0.717, 1.165) is 37.9 Å². The summed E-state index contributed by atoms with van der Waals surface area (Å²) in [7, 11) is 0. The zero-order chi connectivity index (χ0) is 41.8. The SMILES string of the molecule is CCCCCCCCCCCCCCCC(=O)C1=C(O)[C@H](CCC(=O)NCCOCCOCCOCCNC(=O)CCCC[C@@H]2SC[C@@H]3NC(=O)N[C@@H]32)N(CC)C1=O. The van der Waals surface area contributed by atoms with Crippen molar-refractivity contribution in [2.45, 2.75) is 166 Å². The van der Waals surface area contributed by atoms with E-state index in [1.54, 1.807) is 6.92 Å². The number of hydrogen-bond donors (Lipinski definition) is 5. The minimum Gasteiger partial charge on any atom is -0.509 e. The molecule has 3 heterocycles. The summed E-state index contributed by atoms with van der Waals surface area (Å²) in [4.78, 5) is 63.6. The first kappa shape index (κ1) is 49.5. The van der Waals surface area contributed by atoms with Crippen molar-refractivity contribution in [2.75, 3.05) is 65.0 Å². The van der Waals surface area contributed by atoms with Crippen LogP contribution in [-0.2, 0) is 33.4 Å². The van der Waals surface area contributed by atoms with Gasteiger partial charge in [0.15, 0.2) is 5.78 Å². The number of aliphatic hydroxyl groups excluding tert-OH is 1. The number of carbonyl (C=O) groups is 5. The Labute approximate surface area is 351 Å². The number of Topliss-reactive ketones (excluding diaryl/α,β-unsaturated/α-hetero) is 1. The summed E-state index contributed by atoms with van der Waals surface area (Å²) in [6, 6.07) is -0.308. The average molecular weight is 838 g/mol. The van der Waals surface area contributed by atoms with E-state index in [-0.39, 0.29) is 66.3 Å². The Hall–Kier alpha value is -2.88. The van der Waals surface area contributed by atoms with Gasteiger partial charge in [-0.3, -0.25) is 19.2 Å². The van der Waals surface area contributed by atoms with Gasteiger partial charge in [-0.2, -0.15) is 11.8 Å². The maximum atomic E-state index is 13.0. The average Bonchev–Trinajstić information content (AvgIpc) is 3.84. The highest BCUT2D eigenvalue weighted by Crippen LogP contribution is 2.33. The van der Waals surface area contributed by atoms with E-state index in [1.807, 2.05) is 11.8 Å². The molecule has 2 saturated heterocycles. The summed E-state index contributed by atoms with van der Waals surface area (Å²) in [5.41, 5.74) is -0.104. The summed E-state index contributed by atoms with van der Waals surface area (Å²) in [5, 5.41) is 22.9. The second-order valence-corrected chi connectivity index (χ2v) is 17.0. The van der Waals surface area contributed by atoms with Crippen LogP contribution in [0.3, 0.4) is 0 Å². The number of rotatable bonds is 36. The van der Waals surface area contributed by atoms with Crippen LogP contribution in [0.25, 0.3) is 0 Å². The Morgan fingerprint density at radius 1 is 0.690 bits per heavy atom. The van der Waals surface area contributed by atoms with E-state index in [2.05, 4.69) is 28.2 Å². The van der Waals surface area contributed by atoms with Gasteiger partial charge in [0.1, 0.15) is 11.3 Å². The van der Waals surface area contributed by atoms with Gasteiger partial charge in [-0.15, -0.1) is 0 Å². The third-order valence-electron chi connectivity index (χ3n) is 11.2. The molecule has 4 atom stereocenters. The van der Waals surface area contributed by atoms with Gasteiger partial charge in [0.25, 0.3) is 5.91 Å². The molecule has 332 valence electrons. The summed E-state index contributed by atoms with van der Waals surface area (Å²) >= 11 is 1.89. The van der Waals surface area contributed by atoms with E-state index in [4.69, 9.17) is 14.2 Å². The Kier molecular flexibility index (Phi) is 25.8. The molecule has 0 aromatic heterocycles. The highest BCUT2D eigenvalue weighted by Gasteiger charge is 2.43. The van der Waals surface area contributed by atoms with Gasteiger partial charge < -0.3 is 45.5 Å². The van der Waals surface area contributed by atoms with Crippen LogP contribution in [0.4, 0.5) is 4.79 Å². The monoisotopic (exact) mass is 838 g/mol. The Bertz CT molecular complexity index is 1270. The van der Waals surface area contributed by atoms with E-state index < -0.39 is 11.9 Å². The predicted molar refractivity (Wildman–Crippen MR) is 228 cm³/mol. The van der Waals surface area contributed by atoms with Crippen LogP contribution in [0.1, 0.15) is 142 Å². The van der Waals surface area contributed by atoms with Crippen molar-refractivity contribution in [2.24, 2.45) is 0 Å². The molecular formula is C43H75N5O9S. The fourth-order valence-corrected chi connectivity index (χ4v) is 9.39. The minimum atomic E-state index is -0.669. The summed E-state index contributed by atoms with van der Waals surface area (Å²) < 4.78 is 16.6. The molecular weight excluding hydrogens is 763 g/mol. The number of likely N-dealkylation sites (N-methyl/N-ethyl adjacent to an activating group) is 1. The Balaban J connectivity index is 1.11. The number of hydrogen-bond acceptors (Lipinski definition) is 10. The second kappa shape index (κ2) is 30.2. The maximum Gasteiger partial charge on any atom is 0.315 e. The van der Waals surface area contributed by atoms with E-state index >= 15 is 0 Å². The highest BCUT2D eigenvalue weighted by molar-refractivity contribution is 8.00. The quantitative estimate of drug-likeness (QED) is 0.0291. The third-order valence-corrected chi connectivity index (χ3v) is 12.7. The van der Waals surface area contributed by atoms with Crippen molar-refractivity contribution in [3.05, 3.63) is 11.3 Å². The molecule has 0 aromatic carbocycles. The van der Waals surface area contributed by atoms with Gasteiger partial charge >= 0.3 is 6.03 Å². The number of thioether (sulfide) groups is 1. The standard InChI is InChI=1S/C43H75N5O9S/c1-3-5-6-7-8-9-10-11-12-13-14-15-16-19-35(49)39-41(52)34(48(4-2)42(39)53)22-23-38(51)45-25-27-56-29-31-57-30-28-55-26-24-44-37(50)21-18-17-20-36-40-33(32-58-36)46-43(54)47-40/h33-34,36,40,52H,3-32H2,1-2H3,(H,44,50)(H,45,51)(H2,46,47,54)/t33-,34-,36-,40-/m0/s1. The maximum absolute atomic E-state index is 13.0. The molecule has 5 amide bonds. The van der Waals surface area contributed by atoms with Crippen molar-refractivity contribution < 1.29 is 43.3 Å². The summed E-state index contributed by atoms with van der Waals surface area (Å²) in [6.45, 7) is 7.42. The largest absolute Gasteiger partial charge is 0.509 e. The molecule has 0 radical (unpaired) electrons. The van der Waals surface area contributed by atoms with Crippen molar-refractivity contribution in [3.8, 4) is 0 Å². The molecule has 0 bridgehead atoms. The molecule has 0 spiro atoms. The zero-order valence-corrected chi connectivity index (χ0v) is 36.4. The summed E-state index contributed by atoms with van der Waals surface area (Å²) in [6.07, 6.45) is 19.5. The fraction of sp³-hybridized carbons (Fsp3) is 0.837. The number of urea groups is 1. The van der Waals surface area contributed by atoms with Crippen LogP contribution in [0.5, 0.6) is 0 Å². The molecule has 2 fully saturated rings. The lowest BCUT2D eigenvalue weighted by Crippen LogP contribution is -2.37. The highest BCUT2D eigenvalue weighted by atomic mass is 32.2. The second-order valence-electron chi connectivity index (χ2n) is 15.7. The van der Waals surface area contributed by atoms with E-state index in [0.29, 0.717) is 77.4 Å². The minimum absolute atomic E-state index is 0.0166. The molecule has 0 unspecified atom stereocenters. The molecule has 0 saturated carbocycles. The van der Waals surface area contributed by atoms with Crippen LogP contribution in [-0.4, -0.2) is 128 Å². The smallest absolute Gasteiger partial charge is 0.315 e. The number of unbranched alkanes of at least 4 members (excludes halogenated alkanes) is 13. The van der Waals surface area contributed by atoms with Crippen molar-refractivity contribution in [1.29, 1.82) is 0 Å². The number of ether oxygens (including phenoxy) is 3. The first-order chi connectivity index (χ1) is 28.3. The Morgan fingerprint density at radius 2 is 1.22 bits per heavy atom. The number of ketones is 1. The van der Waals surface area contributed by atoms with E-state index in [1.165, 1.54) is 69.1 Å². The molecule has 0 aromatic rings. The van der Waals surface area contributed by atoms with Gasteiger partial charge in [0.05, 0.1) is 57.8 Å². The molecule has 14 nitrogen and oxygen atoms in total. The summed E-state index contributed by atoms with van der Waals surface area (Å²) in [5.74, 6) is -0.196. The van der Waals surface area contributed by atoms with Crippen LogP contribution in [0.15, 0.2) is 11.3 Å². The van der Waals surface area contributed by atoms with Crippen molar-refractivity contribution in [1.82, 2.24) is 26.2 Å². The normalized spacial score (nSPS) is 20.1. The molecule has 58 heavy (non-hydrogen) atoms. The lowest BCUT2D eigenvalue weighted by atomic mass is 10.0. The third kappa shape index (κ3) is 19.0. The van der Waals surface area contributed by atoms with Crippen LogP contribution >= 0.6 is 11.8 Å². The predicted octanol–water partition coefficient (Wildman–Crippen LogP) is 5.87. The molecule has 15 heteroatoms. The number of nitrogens with zero attached hydrogens (tertiary/aromatic N) is 1. The molecule has 5 N–H and O–H groups in total. The molecule has 3 rings (SSSR count). The van der Waals surface area contributed by atoms with Gasteiger partial charge in [0.2, 0.25) is 11.8 Å². The van der Waals surface area contributed by atoms with Gasteiger partial charge in [-0.05, 0) is 32.6 Å². The van der Waals surface area contributed by atoms with Gasteiger partial charge in [-0.25, -0.2) is 4.79 Å². The van der Waals surface area contributed by atoms with Gasteiger partial charge in [-0.1, -0.05) is 90.4 Å². The van der Waals surface area contributed by atoms with Crippen molar-refractivity contribution in [3.63, 3.8) is 0 Å². The number of nitrogens with one attached hydrogen (secondary N) is 4. The topological polar surface area (TPSA) is 185 Å². The Morgan fingerprint density at radius 3 is 1.81 bits per heavy atom. The molecule has 0 aliphatic carbocycles. The van der Waals surface area contributed by atoms with Crippen LogP contribution in [0, 0.1) is 0 Å². The fourth-order valence-electron chi connectivity index (χ4n) is 7.84. The number of fused-ring (bicyclic) bond motifs is 1. The zero-order valence-electron chi connectivity index (χ0n) is 35.6. The van der Waals surface area contributed by atoms with Crippen LogP contribution < -0.4 is 21.3 Å². The van der Waals surface area contributed by atoms with Gasteiger partial charge in [0, 0.05) is 49.9 Å². The number of amides is 5. The van der Waals surface area contributed by atoms with E-state index in [9.17, 15) is 29.1 Å². The first-order valence-corrected chi connectivity index (χ1v) is 23.5. The van der Waals surface area contributed by atoms with Crippen molar-refractivity contribution >= 4 is 41.3 Å². The lowest BCUT2D eigenvalue weighted by Gasteiger charge is -2.23. The van der Waals surface area contributed by atoms with Crippen LogP contribution in [0.2, 0.25) is 0 Å². The number of aliphatic hydroxyl groups is 1.